The van der Waals surface area contributed by atoms with Gasteiger partial charge in [-0.2, -0.15) is 0 Å². The Morgan fingerprint density at radius 3 is 2.67 bits per heavy atom. The monoisotopic (exact) mass is 381 g/mol. The average molecular weight is 381 g/mol. The average Bonchev–Trinajstić information content (AvgIpc) is 3.29. The van der Waals surface area contributed by atoms with Crippen LogP contribution in [0, 0.1) is 0 Å². The van der Waals surface area contributed by atoms with Gasteiger partial charge in [0.2, 0.25) is 0 Å². The van der Waals surface area contributed by atoms with Crippen LogP contribution in [0.4, 0.5) is 4.79 Å². The van der Waals surface area contributed by atoms with Crippen LogP contribution in [0.5, 0.6) is 5.75 Å². The summed E-state index contributed by atoms with van der Waals surface area (Å²) in [5.41, 5.74) is 1.58. The Bertz CT molecular complexity index is 875. The summed E-state index contributed by atoms with van der Waals surface area (Å²) >= 11 is 0.912. The van der Waals surface area contributed by atoms with Crippen LogP contribution in [-0.2, 0) is 10.3 Å². The van der Waals surface area contributed by atoms with E-state index in [1.807, 2.05) is 42.5 Å². The first-order valence-electron chi connectivity index (χ1n) is 8.79. The molecule has 138 valence electrons. The molecule has 2 fully saturated rings. The predicted molar refractivity (Wildman–Crippen MR) is 104 cm³/mol. The van der Waals surface area contributed by atoms with E-state index in [9.17, 15) is 9.59 Å². The molecular weight excluding hydrogens is 362 g/mol. The Morgan fingerprint density at radius 2 is 2.04 bits per heavy atom. The molecule has 2 aliphatic heterocycles. The molecule has 2 saturated heterocycles. The molecule has 2 aromatic rings. The Hall–Kier alpha value is -2.64. The molecule has 1 aromatic carbocycles. The van der Waals surface area contributed by atoms with Gasteiger partial charge in [0.15, 0.2) is 0 Å². The SMILES string of the molecule is O=C1NC(=O)C(=Cc2ccc(OC[C@]3(c4ccccn4)CCCN3)cc2)S1. The van der Waals surface area contributed by atoms with Crippen LogP contribution >= 0.6 is 11.8 Å². The molecular formula is C20H19N3O3S. The minimum atomic E-state index is -0.352. The molecule has 0 bridgehead atoms. The second-order valence-electron chi connectivity index (χ2n) is 6.54. The third kappa shape index (κ3) is 3.89. The van der Waals surface area contributed by atoms with Crippen LogP contribution in [0.3, 0.4) is 0 Å². The van der Waals surface area contributed by atoms with E-state index in [-0.39, 0.29) is 16.7 Å². The topological polar surface area (TPSA) is 80.3 Å². The van der Waals surface area contributed by atoms with Crippen LogP contribution in [0.1, 0.15) is 24.1 Å². The summed E-state index contributed by atoms with van der Waals surface area (Å²) in [5.74, 6) is 0.399. The number of amides is 2. The molecule has 2 N–H and O–H groups in total. The van der Waals surface area contributed by atoms with Gasteiger partial charge in [-0.3, -0.25) is 19.9 Å². The molecule has 7 heteroatoms. The molecule has 2 amide bonds. The maximum Gasteiger partial charge on any atom is 0.290 e. The lowest BCUT2D eigenvalue weighted by atomic mass is 9.93. The number of hydrogen-bond acceptors (Lipinski definition) is 6. The van der Waals surface area contributed by atoms with Crippen LogP contribution < -0.4 is 15.4 Å². The number of rotatable bonds is 5. The lowest BCUT2D eigenvalue weighted by molar-refractivity contribution is -0.115. The lowest BCUT2D eigenvalue weighted by Gasteiger charge is -2.29. The Balaban J connectivity index is 1.45. The Morgan fingerprint density at radius 1 is 1.19 bits per heavy atom. The summed E-state index contributed by atoms with van der Waals surface area (Å²) in [6, 6.07) is 13.4. The third-order valence-electron chi connectivity index (χ3n) is 4.70. The molecule has 0 radical (unpaired) electrons. The van der Waals surface area contributed by atoms with Crippen LogP contribution in [-0.4, -0.2) is 29.3 Å². The largest absolute Gasteiger partial charge is 0.491 e. The molecule has 4 rings (SSSR count). The van der Waals surface area contributed by atoms with Crippen molar-refractivity contribution in [2.24, 2.45) is 0 Å². The molecule has 1 atom stereocenters. The van der Waals surface area contributed by atoms with Gasteiger partial charge in [0.05, 0.1) is 16.1 Å². The summed E-state index contributed by atoms with van der Waals surface area (Å²) in [6.45, 7) is 1.45. The van der Waals surface area contributed by atoms with Crippen LogP contribution in [0.2, 0.25) is 0 Å². The molecule has 0 spiro atoms. The normalized spacial score (nSPS) is 23.6. The van der Waals surface area contributed by atoms with Crippen molar-refractivity contribution in [3.63, 3.8) is 0 Å². The number of hydrogen-bond donors (Lipinski definition) is 2. The number of nitrogens with one attached hydrogen (secondary N) is 2. The van der Waals surface area contributed by atoms with Gasteiger partial charge in [0, 0.05) is 6.20 Å². The van der Waals surface area contributed by atoms with Crippen molar-refractivity contribution in [2.75, 3.05) is 13.2 Å². The van der Waals surface area contributed by atoms with Gasteiger partial charge in [-0.25, -0.2) is 0 Å². The van der Waals surface area contributed by atoms with Crippen molar-refractivity contribution in [3.05, 3.63) is 64.8 Å². The molecule has 27 heavy (non-hydrogen) atoms. The van der Waals surface area contributed by atoms with Crippen molar-refractivity contribution in [1.82, 2.24) is 15.6 Å². The minimum absolute atomic E-state index is 0.263. The van der Waals surface area contributed by atoms with Gasteiger partial charge in [0.1, 0.15) is 12.4 Å². The molecule has 0 unspecified atom stereocenters. The quantitative estimate of drug-likeness (QED) is 0.775. The zero-order valence-corrected chi connectivity index (χ0v) is 15.4. The molecule has 2 aliphatic rings. The number of thioether (sulfide) groups is 1. The maximum atomic E-state index is 11.6. The molecule has 0 aliphatic carbocycles. The summed E-state index contributed by atoms with van der Waals surface area (Å²) in [5, 5.41) is 5.46. The van der Waals surface area contributed by atoms with Crippen LogP contribution in [0.25, 0.3) is 6.08 Å². The Kier molecular flexibility index (Phi) is 4.96. The van der Waals surface area contributed by atoms with E-state index in [1.165, 1.54) is 0 Å². The number of aromatic nitrogens is 1. The van der Waals surface area contributed by atoms with E-state index in [4.69, 9.17) is 4.74 Å². The standard InChI is InChI=1S/C20H19N3O3S/c24-18-16(27-19(25)23-18)12-14-5-7-15(8-6-14)26-13-20(9-3-11-22-20)17-4-1-2-10-21-17/h1-2,4-8,10,12,22H,3,9,11,13H2,(H,23,24,25)/t20-/m0/s1. The summed E-state index contributed by atoms with van der Waals surface area (Å²) in [7, 11) is 0. The number of benzene rings is 1. The number of carbonyl (C=O) groups excluding carboxylic acids is 2. The second-order valence-corrected chi connectivity index (χ2v) is 7.55. The highest BCUT2D eigenvalue weighted by atomic mass is 32.2. The first kappa shape index (κ1) is 17.8. The highest BCUT2D eigenvalue weighted by Gasteiger charge is 2.37. The number of ether oxygens (including phenoxy) is 1. The predicted octanol–water partition coefficient (Wildman–Crippen LogP) is 3.06. The fourth-order valence-corrected chi connectivity index (χ4v) is 3.99. The summed E-state index contributed by atoms with van der Waals surface area (Å²) < 4.78 is 6.05. The maximum absolute atomic E-state index is 11.6. The zero-order valence-electron chi connectivity index (χ0n) is 14.6. The van der Waals surface area contributed by atoms with Crippen molar-refractivity contribution in [3.8, 4) is 5.75 Å². The van der Waals surface area contributed by atoms with Gasteiger partial charge >= 0.3 is 0 Å². The fourth-order valence-electron chi connectivity index (χ4n) is 3.31. The number of carbonyl (C=O) groups is 2. The van der Waals surface area contributed by atoms with Gasteiger partial charge in [-0.05, 0) is 67.1 Å². The van der Waals surface area contributed by atoms with Gasteiger partial charge in [0.25, 0.3) is 11.1 Å². The number of pyridine rings is 1. The Labute approximate surface area is 161 Å². The van der Waals surface area contributed by atoms with Gasteiger partial charge in [-0.15, -0.1) is 0 Å². The highest BCUT2D eigenvalue weighted by Crippen LogP contribution is 2.31. The highest BCUT2D eigenvalue weighted by molar-refractivity contribution is 8.18. The van der Waals surface area contributed by atoms with E-state index in [0.29, 0.717) is 11.5 Å². The molecule has 3 heterocycles. The van der Waals surface area contributed by atoms with E-state index >= 15 is 0 Å². The molecule has 0 saturated carbocycles. The smallest absolute Gasteiger partial charge is 0.290 e. The number of imide groups is 1. The van der Waals surface area contributed by atoms with E-state index in [2.05, 4.69) is 15.6 Å². The van der Waals surface area contributed by atoms with Crippen molar-refractivity contribution >= 4 is 29.0 Å². The van der Waals surface area contributed by atoms with Crippen molar-refractivity contribution < 1.29 is 14.3 Å². The number of nitrogens with zero attached hydrogens (tertiary/aromatic N) is 1. The fraction of sp³-hybridized carbons (Fsp3) is 0.250. The molecule has 1 aromatic heterocycles. The van der Waals surface area contributed by atoms with Gasteiger partial charge in [-0.1, -0.05) is 18.2 Å². The lowest BCUT2D eigenvalue weighted by Crippen LogP contribution is -2.43. The summed E-state index contributed by atoms with van der Waals surface area (Å²) in [4.78, 5) is 27.8. The van der Waals surface area contributed by atoms with E-state index in [0.717, 1.165) is 48.2 Å². The van der Waals surface area contributed by atoms with Crippen molar-refractivity contribution in [2.45, 2.75) is 18.4 Å². The second kappa shape index (κ2) is 7.54. The summed E-state index contributed by atoms with van der Waals surface area (Å²) in [6.07, 6.45) is 5.57. The zero-order chi connectivity index (χ0) is 18.7. The van der Waals surface area contributed by atoms with Crippen molar-refractivity contribution in [1.29, 1.82) is 0 Å². The minimum Gasteiger partial charge on any atom is -0.491 e. The first-order chi connectivity index (χ1) is 13.1. The van der Waals surface area contributed by atoms with Gasteiger partial charge < -0.3 is 10.1 Å². The third-order valence-corrected chi connectivity index (χ3v) is 5.51. The van der Waals surface area contributed by atoms with E-state index in [1.54, 1.807) is 12.3 Å². The molecule has 6 nitrogen and oxygen atoms in total. The van der Waals surface area contributed by atoms with E-state index < -0.39 is 0 Å². The van der Waals surface area contributed by atoms with Crippen LogP contribution in [0.15, 0.2) is 53.6 Å². The first-order valence-corrected chi connectivity index (χ1v) is 9.61.